The molecule has 0 bridgehead atoms. The van der Waals surface area contributed by atoms with E-state index in [4.69, 9.17) is 5.84 Å². The van der Waals surface area contributed by atoms with Crippen molar-refractivity contribution in [2.75, 3.05) is 12.0 Å². The fourth-order valence-corrected chi connectivity index (χ4v) is 1.87. The van der Waals surface area contributed by atoms with Crippen molar-refractivity contribution in [3.05, 3.63) is 29.8 Å². The standard InChI is InChI=1S/C12H16N4O2/c13-16-9-5-3-8(4-6-9)11(17)15-10-2-1-7-14-12(10)18/h3-6,10,16H,1-2,7,13H2,(H,14,18)(H,15,17). The van der Waals surface area contributed by atoms with Crippen LogP contribution in [0.15, 0.2) is 24.3 Å². The van der Waals surface area contributed by atoms with Crippen LogP contribution in [-0.4, -0.2) is 24.4 Å². The van der Waals surface area contributed by atoms with E-state index in [9.17, 15) is 9.59 Å². The minimum atomic E-state index is -0.432. The van der Waals surface area contributed by atoms with E-state index < -0.39 is 6.04 Å². The first-order valence-electron chi connectivity index (χ1n) is 5.86. The lowest BCUT2D eigenvalue weighted by atomic mass is 10.1. The average Bonchev–Trinajstić information content (AvgIpc) is 2.41. The Morgan fingerprint density at radius 3 is 2.67 bits per heavy atom. The maximum Gasteiger partial charge on any atom is 0.251 e. The number of nitrogen functional groups attached to an aromatic ring is 1. The first-order chi connectivity index (χ1) is 8.70. The third kappa shape index (κ3) is 2.78. The van der Waals surface area contributed by atoms with E-state index in [0.717, 1.165) is 12.1 Å². The Bertz CT molecular complexity index is 444. The Hall–Kier alpha value is -2.08. The summed E-state index contributed by atoms with van der Waals surface area (Å²) in [6.07, 6.45) is 1.56. The molecule has 1 saturated heterocycles. The number of hydrazine groups is 1. The topological polar surface area (TPSA) is 96.2 Å². The Balaban J connectivity index is 2.00. The van der Waals surface area contributed by atoms with Gasteiger partial charge in [-0.05, 0) is 37.1 Å². The maximum absolute atomic E-state index is 11.9. The molecule has 0 saturated carbocycles. The molecule has 1 aliphatic heterocycles. The van der Waals surface area contributed by atoms with Crippen LogP contribution in [0.3, 0.4) is 0 Å². The second-order valence-corrected chi connectivity index (χ2v) is 4.18. The van der Waals surface area contributed by atoms with Gasteiger partial charge in [-0.1, -0.05) is 0 Å². The van der Waals surface area contributed by atoms with Gasteiger partial charge in [0.15, 0.2) is 0 Å². The fourth-order valence-electron chi connectivity index (χ4n) is 1.87. The highest BCUT2D eigenvalue weighted by molar-refractivity contribution is 5.97. The average molecular weight is 248 g/mol. The van der Waals surface area contributed by atoms with Crippen molar-refractivity contribution >= 4 is 17.5 Å². The summed E-state index contributed by atoms with van der Waals surface area (Å²) in [4.78, 5) is 23.4. The molecule has 96 valence electrons. The number of benzene rings is 1. The van der Waals surface area contributed by atoms with Crippen LogP contribution in [0.1, 0.15) is 23.2 Å². The summed E-state index contributed by atoms with van der Waals surface area (Å²) in [5.74, 6) is 4.87. The molecule has 6 nitrogen and oxygen atoms in total. The van der Waals surface area contributed by atoms with E-state index in [1.54, 1.807) is 24.3 Å². The molecule has 1 unspecified atom stereocenters. The van der Waals surface area contributed by atoms with Crippen molar-refractivity contribution < 1.29 is 9.59 Å². The fraction of sp³-hybridized carbons (Fsp3) is 0.333. The van der Waals surface area contributed by atoms with Gasteiger partial charge in [0.25, 0.3) is 5.91 Å². The Kier molecular flexibility index (Phi) is 3.78. The van der Waals surface area contributed by atoms with Gasteiger partial charge >= 0.3 is 0 Å². The number of anilines is 1. The second-order valence-electron chi connectivity index (χ2n) is 4.18. The van der Waals surface area contributed by atoms with Gasteiger partial charge in [0.1, 0.15) is 6.04 Å². The van der Waals surface area contributed by atoms with Crippen molar-refractivity contribution in [3.8, 4) is 0 Å². The van der Waals surface area contributed by atoms with Gasteiger partial charge in [-0.25, -0.2) is 0 Å². The second kappa shape index (κ2) is 5.50. The maximum atomic E-state index is 11.9. The predicted molar refractivity (Wildman–Crippen MR) is 67.8 cm³/mol. The van der Waals surface area contributed by atoms with Gasteiger partial charge in [-0.15, -0.1) is 0 Å². The molecule has 0 radical (unpaired) electrons. The summed E-state index contributed by atoms with van der Waals surface area (Å²) in [7, 11) is 0. The summed E-state index contributed by atoms with van der Waals surface area (Å²) >= 11 is 0. The van der Waals surface area contributed by atoms with Crippen LogP contribution in [0.25, 0.3) is 0 Å². The monoisotopic (exact) mass is 248 g/mol. The van der Waals surface area contributed by atoms with Crippen LogP contribution < -0.4 is 21.9 Å². The summed E-state index contributed by atoms with van der Waals surface area (Å²) < 4.78 is 0. The molecule has 1 atom stereocenters. The molecule has 6 heteroatoms. The van der Waals surface area contributed by atoms with E-state index in [-0.39, 0.29) is 11.8 Å². The number of hydrogen-bond donors (Lipinski definition) is 4. The first-order valence-corrected chi connectivity index (χ1v) is 5.86. The smallest absolute Gasteiger partial charge is 0.251 e. The van der Waals surface area contributed by atoms with E-state index in [2.05, 4.69) is 16.1 Å². The van der Waals surface area contributed by atoms with E-state index in [1.165, 1.54) is 0 Å². The normalized spacial score (nSPS) is 18.9. The minimum absolute atomic E-state index is 0.116. The SMILES string of the molecule is NNc1ccc(C(=O)NC2CCCNC2=O)cc1. The highest BCUT2D eigenvalue weighted by Gasteiger charge is 2.23. The van der Waals surface area contributed by atoms with Crippen molar-refractivity contribution in [1.82, 2.24) is 10.6 Å². The van der Waals surface area contributed by atoms with Gasteiger partial charge in [-0.3, -0.25) is 15.4 Å². The molecule has 1 fully saturated rings. The number of nitrogens with one attached hydrogen (secondary N) is 3. The third-order valence-electron chi connectivity index (χ3n) is 2.90. The quantitative estimate of drug-likeness (QED) is 0.446. The molecule has 5 N–H and O–H groups in total. The van der Waals surface area contributed by atoms with Gasteiger partial charge < -0.3 is 16.1 Å². The van der Waals surface area contributed by atoms with Gasteiger partial charge in [0.2, 0.25) is 5.91 Å². The number of amides is 2. The van der Waals surface area contributed by atoms with Gasteiger partial charge in [0, 0.05) is 17.8 Å². The van der Waals surface area contributed by atoms with Crippen molar-refractivity contribution in [1.29, 1.82) is 0 Å². The lowest BCUT2D eigenvalue weighted by Gasteiger charge is -2.22. The highest BCUT2D eigenvalue weighted by Crippen LogP contribution is 2.09. The van der Waals surface area contributed by atoms with Crippen molar-refractivity contribution in [3.63, 3.8) is 0 Å². The van der Waals surface area contributed by atoms with Crippen LogP contribution in [0, 0.1) is 0 Å². The molecule has 18 heavy (non-hydrogen) atoms. The van der Waals surface area contributed by atoms with E-state index in [1.807, 2.05) is 0 Å². The highest BCUT2D eigenvalue weighted by atomic mass is 16.2. The molecule has 2 rings (SSSR count). The molecule has 1 heterocycles. The van der Waals surface area contributed by atoms with Gasteiger partial charge in [-0.2, -0.15) is 0 Å². The third-order valence-corrected chi connectivity index (χ3v) is 2.90. The van der Waals surface area contributed by atoms with Crippen LogP contribution >= 0.6 is 0 Å². The Morgan fingerprint density at radius 2 is 2.06 bits per heavy atom. The predicted octanol–water partition coefficient (Wildman–Crippen LogP) is -0.0194. The number of nitrogens with two attached hydrogens (primary N) is 1. The van der Waals surface area contributed by atoms with Gasteiger partial charge in [0.05, 0.1) is 0 Å². The number of hydrogen-bond acceptors (Lipinski definition) is 4. The number of carbonyl (C=O) groups excluding carboxylic acids is 2. The molecule has 1 aromatic rings. The molecular weight excluding hydrogens is 232 g/mol. The zero-order valence-electron chi connectivity index (χ0n) is 9.90. The minimum Gasteiger partial charge on any atom is -0.354 e. The first kappa shape index (κ1) is 12.4. The zero-order chi connectivity index (χ0) is 13.0. The number of carbonyl (C=O) groups is 2. The largest absolute Gasteiger partial charge is 0.354 e. The molecular formula is C12H16N4O2. The summed E-state index contributed by atoms with van der Waals surface area (Å²) in [6.45, 7) is 0.683. The summed E-state index contributed by atoms with van der Waals surface area (Å²) in [5, 5.41) is 5.45. The molecule has 0 aromatic heterocycles. The van der Waals surface area contributed by atoms with Crippen LogP contribution in [0.2, 0.25) is 0 Å². The Labute approximate surface area is 105 Å². The summed E-state index contributed by atoms with van der Waals surface area (Å²) in [6, 6.07) is 6.29. The number of rotatable bonds is 3. The van der Waals surface area contributed by atoms with Crippen molar-refractivity contribution in [2.45, 2.75) is 18.9 Å². The molecule has 0 spiro atoms. The number of piperidine rings is 1. The lowest BCUT2D eigenvalue weighted by molar-refractivity contribution is -0.124. The molecule has 2 amide bonds. The zero-order valence-corrected chi connectivity index (χ0v) is 9.90. The van der Waals surface area contributed by atoms with E-state index in [0.29, 0.717) is 18.5 Å². The van der Waals surface area contributed by atoms with Crippen molar-refractivity contribution in [2.24, 2.45) is 5.84 Å². The molecule has 1 aliphatic rings. The molecule has 0 aliphatic carbocycles. The van der Waals surface area contributed by atoms with E-state index >= 15 is 0 Å². The van der Waals surface area contributed by atoms with Crippen LogP contribution in [0.5, 0.6) is 0 Å². The Morgan fingerprint density at radius 1 is 1.33 bits per heavy atom. The summed E-state index contributed by atoms with van der Waals surface area (Å²) in [5.41, 5.74) is 3.72. The molecule has 1 aromatic carbocycles. The van der Waals surface area contributed by atoms with Crippen LogP contribution in [-0.2, 0) is 4.79 Å². The lowest BCUT2D eigenvalue weighted by Crippen LogP contribution is -2.50. The van der Waals surface area contributed by atoms with Crippen LogP contribution in [0.4, 0.5) is 5.69 Å².